The van der Waals surface area contributed by atoms with Crippen molar-refractivity contribution in [2.75, 3.05) is 19.0 Å². The molecule has 0 bridgehead atoms. The maximum atomic E-state index is 12.4. The summed E-state index contributed by atoms with van der Waals surface area (Å²) in [5.41, 5.74) is 2.58. The number of ether oxygens (including phenoxy) is 1. The van der Waals surface area contributed by atoms with E-state index in [9.17, 15) is 4.79 Å². The third kappa shape index (κ3) is 5.30. The molecule has 0 saturated heterocycles. The quantitative estimate of drug-likeness (QED) is 0.628. The third-order valence-electron chi connectivity index (χ3n) is 4.40. The molecule has 0 aliphatic carbocycles. The van der Waals surface area contributed by atoms with Crippen molar-refractivity contribution in [3.05, 3.63) is 83.8 Å². The molecule has 0 radical (unpaired) electrons. The zero-order valence-corrected chi connectivity index (χ0v) is 16.1. The molecule has 2 aromatic carbocycles. The van der Waals surface area contributed by atoms with Crippen molar-refractivity contribution >= 4 is 11.7 Å². The summed E-state index contributed by atoms with van der Waals surface area (Å²) in [7, 11) is 1.64. The number of hydrogen-bond acceptors (Lipinski definition) is 5. The number of rotatable bonds is 8. The van der Waals surface area contributed by atoms with Gasteiger partial charge < -0.3 is 15.4 Å². The Balaban J connectivity index is 1.56. The monoisotopic (exact) mass is 376 g/mol. The molecule has 144 valence electrons. The molecule has 2 N–H and O–H groups in total. The predicted octanol–water partition coefficient (Wildman–Crippen LogP) is 3.63. The fourth-order valence-electron chi connectivity index (χ4n) is 2.85. The van der Waals surface area contributed by atoms with Gasteiger partial charge in [0.2, 0.25) is 0 Å². The molecule has 1 amide bonds. The van der Waals surface area contributed by atoms with Crippen LogP contribution in [0.15, 0.2) is 67.0 Å². The van der Waals surface area contributed by atoms with E-state index in [0.29, 0.717) is 24.5 Å². The maximum absolute atomic E-state index is 12.4. The van der Waals surface area contributed by atoms with Gasteiger partial charge in [0.05, 0.1) is 7.11 Å². The summed E-state index contributed by atoms with van der Waals surface area (Å²) in [5.74, 6) is 1.20. The van der Waals surface area contributed by atoms with Gasteiger partial charge in [0.15, 0.2) is 0 Å². The molecule has 6 nitrogen and oxygen atoms in total. The van der Waals surface area contributed by atoms with Crippen LogP contribution < -0.4 is 15.4 Å². The fraction of sp³-hybridized carbons (Fsp3) is 0.227. The van der Waals surface area contributed by atoms with Crippen molar-refractivity contribution in [3.8, 4) is 5.75 Å². The molecule has 3 rings (SSSR count). The second-order valence-electron chi connectivity index (χ2n) is 6.42. The van der Waals surface area contributed by atoms with Crippen LogP contribution in [-0.2, 0) is 6.42 Å². The summed E-state index contributed by atoms with van der Waals surface area (Å²) in [4.78, 5) is 20.7. The van der Waals surface area contributed by atoms with Crippen molar-refractivity contribution in [1.82, 2.24) is 15.3 Å². The summed E-state index contributed by atoms with van der Waals surface area (Å²) in [6, 6.07) is 19.6. The van der Waals surface area contributed by atoms with Gasteiger partial charge in [0, 0.05) is 18.7 Å². The Bertz CT molecular complexity index is 915. The van der Waals surface area contributed by atoms with Crippen LogP contribution >= 0.6 is 0 Å². The van der Waals surface area contributed by atoms with Crippen LogP contribution in [0.5, 0.6) is 5.75 Å². The van der Waals surface area contributed by atoms with Crippen LogP contribution in [-0.4, -0.2) is 29.5 Å². The van der Waals surface area contributed by atoms with Crippen molar-refractivity contribution in [2.45, 2.75) is 19.4 Å². The first-order chi connectivity index (χ1) is 13.7. The summed E-state index contributed by atoms with van der Waals surface area (Å²) in [6.45, 7) is 2.56. The predicted molar refractivity (Wildman–Crippen MR) is 110 cm³/mol. The first kappa shape index (κ1) is 19.4. The highest BCUT2D eigenvalue weighted by Crippen LogP contribution is 2.17. The number of methoxy groups -OCH3 is 1. The number of carbonyl (C=O) groups excluding carboxylic acids is 1. The van der Waals surface area contributed by atoms with Crippen LogP contribution in [0.2, 0.25) is 0 Å². The number of anilines is 1. The fourth-order valence-corrected chi connectivity index (χ4v) is 2.85. The molecule has 1 heterocycles. The topological polar surface area (TPSA) is 76.1 Å². The van der Waals surface area contributed by atoms with E-state index in [2.05, 4.69) is 20.6 Å². The van der Waals surface area contributed by atoms with Gasteiger partial charge in [-0.1, -0.05) is 42.5 Å². The molecule has 1 aromatic heterocycles. The van der Waals surface area contributed by atoms with E-state index in [-0.39, 0.29) is 11.9 Å². The van der Waals surface area contributed by atoms with Crippen LogP contribution in [0.3, 0.4) is 0 Å². The highest BCUT2D eigenvalue weighted by Gasteiger charge is 2.11. The third-order valence-corrected chi connectivity index (χ3v) is 4.40. The number of hydrogen-bond donors (Lipinski definition) is 2. The normalized spacial score (nSPS) is 11.5. The van der Waals surface area contributed by atoms with E-state index in [1.54, 1.807) is 13.2 Å². The number of nitrogens with zero attached hydrogens (tertiary/aromatic N) is 2. The van der Waals surface area contributed by atoms with E-state index in [1.165, 1.54) is 6.33 Å². The molecule has 1 unspecified atom stereocenters. The largest absolute Gasteiger partial charge is 0.497 e. The summed E-state index contributed by atoms with van der Waals surface area (Å²) < 4.78 is 5.22. The number of amides is 1. The van der Waals surface area contributed by atoms with Crippen LogP contribution in [0.1, 0.15) is 34.6 Å². The number of benzene rings is 2. The second kappa shape index (κ2) is 9.50. The molecular weight excluding hydrogens is 352 g/mol. The van der Waals surface area contributed by atoms with Gasteiger partial charge in [-0.3, -0.25) is 4.79 Å². The molecule has 0 fully saturated rings. The highest BCUT2D eigenvalue weighted by molar-refractivity contribution is 5.92. The number of nitrogens with one attached hydrogen (secondary N) is 2. The Kier molecular flexibility index (Phi) is 6.57. The minimum atomic E-state index is -0.222. The van der Waals surface area contributed by atoms with E-state index >= 15 is 0 Å². The summed E-state index contributed by atoms with van der Waals surface area (Å²) in [5, 5.41) is 6.20. The standard InChI is InChI=1S/C22H24N4O2/c1-16(18-8-4-3-5-9-18)26-21-14-20(24-15-25-21)22(27)23-12-11-17-7-6-10-19(13-17)28-2/h3-10,13-16H,11-12H2,1-2H3,(H,23,27)(H,24,25,26). The van der Waals surface area contributed by atoms with Crippen LogP contribution in [0.25, 0.3) is 0 Å². The lowest BCUT2D eigenvalue weighted by atomic mass is 10.1. The first-order valence-corrected chi connectivity index (χ1v) is 9.20. The number of aromatic nitrogens is 2. The van der Waals surface area contributed by atoms with Crippen molar-refractivity contribution in [3.63, 3.8) is 0 Å². The molecule has 3 aromatic rings. The molecule has 0 spiro atoms. The Morgan fingerprint density at radius 3 is 2.68 bits per heavy atom. The molecule has 28 heavy (non-hydrogen) atoms. The van der Waals surface area contributed by atoms with E-state index in [4.69, 9.17) is 4.74 Å². The van der Waals surface area contributed by atoms with Gasteiger partial charge in [0.25, 0.3) is 5.91 Å². The Morgan fingerprint density at radius 1 is 1.07 bits per heavy atom. The maximum Gasteiger partial charge on any atom is 0.270 e. The molecule has 1 atom stereocenters. The molecule has 0 aliphatic rings. The second-order valence-corrected chi connectivity index (χ2v) is 6.42. The lowest BCUT2D eigenvalue weighted by molar-refractivity contribution is 0.0949. The van der Waals surface area contributed by atoms with E-state index < -0.39 is 0 Å². The summed E-state index contributed by atoms with van der Waals surface area (Å²) in [6.07, 6.45) is 2.11. The number of carbonyl (C=O) groups is 1. The average Bonchev–Trinajstić information content (AvgIpc) is 2.74. The first-order valence-electron chi connectivity index (χ1n) is 9.20. The lowest BCUT2D eigenvalue weighted by Crippen LogP contribution is -2.26. The van der Waals surface area contributed by atoms with Gasteiger partial charge in [-0.25, -0.2) is 9.97 Å². The zero-order chi connectivity index (χ0) is 19.8. The van der Waals surface area contributed by atoms with Gasteiger partial charge in [-0.2, -0.15) is 0 Å². The highest BCUT2D eigenvalue weighted by atomic mass is 16.5. The SMILES string of the molecule is COc1cccc(CCNC(=O)c2cc(NC(C)c3ccccc3)ncn2)c1. The lowest BCUT2D eigenvalue weighted by Gasteiger charge is -2.15. The van der Waals surface area contributed by atoms with E-state index in [0.717, 1.165) is 16.9 Å². The minimum Gasteiger partial charge on any atom is -0.497 e. The molecular formula is C22H24N4O2. The van der Waals surface area contributed by atoms with Crippen LogP contribution in [0, 0.1) is 0 Å². The molecule has 0 saturated carbocycles. The molecule has 0 aliphatic heterocycles. The van der Waals surface area contributed by atoms with Gasteiger partial charge in [0.1, 0.15) is 23.6 Å². The van der Waals surface area contributed by atoms with Crippen molar-refractivity contribution < 1.29 is 9.53 Å². The van der Waals surface area contributed by atoms with Gasteiger partial charge >= 0.3 is 0 Å². The van der Waals surface area contributed by atoms with Gasteiger partial charge in [-0.05, 0) is 36.6 Å². The Labute approximate surface area is 165 Å². The van der Waals surface area contributed by atoms with Crippen molar-refractivity contribution in [2.24, 2.45) is 0 Å². The summed E-state index contributed by atoms with van der Waals surface area (Å²) >= 11 is 0. The van der Waals surface area contributed by atoms with Crippen molar-refractivity contribution in [1.29, 1.82) is 0 Å². The molecule has 6 heteroatoms. The van der Waals surface area contributed by atoms with Gasteiger partial charge in [-0.15, -0.1) is 0 Å². The van der Waals surface area contributed by atoms with Crippen LogP contribution in [0.4, 0.5) is 5.82 Å². The van der Waals surface area contributed by atoms with E-state index in [1.807, 2.05) is 61.5 Å². The Hall–Kier alpha value is -3.41. The minimum absolute atomic E-state index is 0.0695. The smallest absolute Gasteiger partial charge is 0.270 e. The zero-order valence-electron chi connectivity index (χ0n) is 16.1. The Morgan fingerprint density at radius 2 is 1.89 bits per heavy atom. The average molecular weight is 376 g/mol.